The number of amides is 1. The Morgan fingerprint density at radius 3 is 2.53 bits per heavy atom. The van der Waals surface area contributed by atoms with Crippen molar-refractivity contribution in [2.75, 3.05) is 0 Å². The van der Waals surface area contributed by atoms with Crippen molar-refractivity contribution in [3.05, 3.63) is 76.6 Å². The number of benzene rings is 2. The fourth-order valence-electron chi connectivity index (χ4n) is 5.01. The Morgan fingerprint density at radius 2 is 1.79 bits per heavy atom. The van der Waals surface area contributed by atoms with Crippen LogP contribution in [0.2, 0.25) is 0 Å². The molecule has 0 radical (unpaired) electrons. The van der Waals surface area contributed by atoms with E-state index in [1.165, 1.54) is 11.1 Å². The summed E-state index contributed by atoms with van der Waals surface area (Å²) in [5.74, 6) is -0.681. The Hall–Kier alpha value is -3.87. The molecule has 3 aliphatic rings. The molecule has 2 unspecified atom stereocenters. The average molecular weight is 456 g/mol. The van der Waals surface area contributed by atoms with Crippen LogP contribution in [0.4, 0.5) is 5.69 Å². The molecular weight excluding hydrogens is 432 g/mol. The molecule has 0 saturated heterocycles. The van der Waals surface area contributed by atoms with E-state index in [4.69, 9.17) is 0 Å². The average Bonchev–Trinajstić information content (AvgIpc) is 3.14. The van der Waals surface area contributed by atoms with Crippen LogP contribution in [0.1, 0.15) is 59.5 Å². The van der Waals surface area contributed by atoms with Crippen LogP contribution in [-0.2, 0) is 20.9 Å². The molecule has 1 amide bonds. The SMILES string of the molecule is O=C1CCC(N2Cc3cc(N=CC4=C(O)CC(c5ccccc5)CC4=O)ccc3C2=O)C(=O)C1. The number of aliphatic imine (C=N–C) groups is 1. The van der Waals surface area contributed by atoms with Crippen LogP contribution in [0.15, 0.2) is 64.9 Å². The van der Waals surface area contributed by atoms with Gasteiger partial charge in [-0.2, -0.15) is 0 Å². The summed E-state index contributed by atoms with van der Waals surface area (Å²) in [5.41, 5.74) is 3.05. The molecule has 172 valence electrons. The van der Waals surface area contributed by atoms with E-state index in [0.717, 1.165) is 11.1 Å². The number of fused-ring (bicyclic) bond motifs is 1. The van der Waals surface area contributed by atoms with Crippen molar-refractivity contribution in [2.24, 2.45) is 4.99 Å². The molecule has 2 aromatic carbocycles. The highest BCUT2D eigenvalue weighted by Gasteiger charge is 2.39. The van der Waals surface area contributed by atoms with E-state index in [-0.39, 0.29) is 53.5 Å². The number of aliphatic hydroxyl groups excluding tert-OH is 1. The number of aliphatic hydroxyl groups is 1. The summed E-state index contributed by atoms with van der Waals surface area (Å²) in [4.78, 5) is 55.3. The second kappa shape index (κ2) is 8.82. The van der Waals surface area contributed by atoms with Gasteiger partial charge in [-0.15, -0.1) is 0 Å². The summed E-state index contributed by atoms with van der Waals surface area (Å²) in [7, 11) is 0. The maximum Gasteiger partial charge on any atom is 0.255 e. The molecule has 7 heteroatoms. The lowest BCUT2D eigenvalue weighted by Gasteiger charge is -2.29. The molecule has 2 aliphatic carbocycles. The van der Waals surface area contributed by atoms with Crippen molar-refractivity contribution in [3.8, 4) is 0 Å². The molecule has 34 heavy (non-hydrogen) atoms. The van der Waals surface area contributed by atoms with E-state index in [1.54, 1.807) is 18.2 Å². The second-order valence-electron chi connectivity index (χ2n) is 9.07. The molecule has 2 aromatic rings. The lowest BCUT2D eigenvalue weighted by Crippen LogP contribution is -2.44. The van der Waals surface area contributed by atoms with Gasteiger partial charge in [0.05, 0.1) is 23.7 Å². The van der Waals surface area contributed by atoms with Crippen molar-refractivity contribution >= 4 is 35.2 Å². The lowest BCUT2D eigenvalue weighted by molar-refractivity contribution is -0.133. The third-order valence-corrected chi connectivity index (χ3v) is 6.83. The smallest absolute Gasteiger partial charge is 0.255 e. The Kier molecular flexibility index (Phi) is 5.69. The second-order valence-corrected chi connectivity index (χ2v) is 9.07. The number of hydrogen-bond donors (Lipinski definition) is 1. The first-order valence-electron chi connectivity index (χ1n) is 11.4. The van der Waals surface area contributed by atoms with Crippen molar-refractivity contribution < 1.29 is 24.3 Å². The minimum Gasteiger partial charge on any atom is -0.511 e. The van der Waals surface area contributed by atoms with Crippen molar-refractivity contribution in [1.82, 2.24) is 4.90 Å². The number of Topliss-reactive ketones (excluding diaryl/α,β-unsaturated/α-hetero) is 3. The quantitative estimate of drug-likeness (QED) is 0.553. The zero-order valence-corrected chi connectivity index (χ0v) is 18.6. The molecule has 2 atom stereocenters. The van der Waals surface area contributed by atoms with Gasteiger partial charge in [0.1, 0.15) is 11.5 Å². The van der Waals surface area contributed by atoms with E-state index < -0.39 is 6.04 Å². The van der Waals surface area contributed by atoms with E-state index in [1.807, 2.05) is 30.3 Å². The van der Waals surface area contributed by atoms with Crippen molar-refractivity contribution in [1.29, 1.82) is 0 Å². The Bertz CT molecular complexity index is 1260. The summed E-state index contributed by atoms with van der Waals surface area (Å²) in [6.45, 7) is 0.285. The summed E-state index contributed by atoms with van der Waals surface area (Å²) < 4.78 is 0. The van der Waals surface area contributed by atoms with Crippen LogP contribution < -0.4 is 0 Å². The van der Waals surface area contributed by atoms with Crippen LogP contribution >= 0.6 is 0 Å². The lowest BCUT2D eigenvalue weighted by atomic mass is 9.83. The molecular formula is C27H24N2O5. The fraction of sp³-hybridized carbons (Fsp3) is 0.296. The van der Waals surface area contributed by atoms with Gasteiger partial charge in [-0.3, -0.25) is 24.2 Å². The van der Waals surface area contributed by atoms with Gasteiger partial charge in [0, 0.05) is 37.6 Å². The van der Waals surface area contributed by atoms with E-state index in [9.17, 15) is 24.3 Å². The first kappa shape index (κ1) is 21.9. The molecule has 0 bridgehead atoms. The topological polar surface area (TPSA) is 104 Å². The predicted octanol–water partition coefficient (Wildman–Crippen LogP) is 3.99. The number of ketones is 3. The highest BCUT2D eigenvalue weighted by molar-refractivity contribution is 6.15. The van der Waals surface area contributed by atoms with E-state index in [0.29, 0.717) is 36.9 Å². The minimum atomic E-state index is -0.566. The fourth-order valence-corrected chi connectivity index (χ4v) is 5.01. The summed E-state index contributed by atoms with van der Waals surface area (Å²) in [6.07, 6.45) is 2.64. The number of hydrogen-bond acceptors (Lipinski definition) is 6. The minimum absolute atomic E-state index is 0.0294. The molecule has 1 saturated carbocycles. The highest BCUT2D eigenvalue weighted by Crippen LogP contribution is 2.34. The molecule has 1 heterocycles. The van der Waals surface area contributed by atoms with Gasteiger partial charge in [-0.25, -0.2) is 0 Å². The van der Waals surface area contributed by atoms with Crippen LogP contribution in [0.3, 0.4) is 0 Å². The van der Waals surface area contributed by atoms with Crippen LogP contribution in [-0.4, -0.2) is 45.5 Å². The monoisotopic (exact) mass is 456 g/mol. The highest BCUT2D eigenvalue weighted by atomic mass is 16.3. The number of carbonyl (C=O) groups excluding carboxylic acids is 4. The van der Waals surface area contributed by atoms with Gasteiger partial charge in [-0.1, -0.05) is 30.3 Å². The molecule has 0 spiro atoms. The van der Waals surface area contributed by atoms with Crippen LogP contribution in [0, 0.1) is 0 Å². The van der Waals surface area contributed by atoms with E-state index in [2.05, 4.69) is 4.99 Å². The molecule has 0 aromatic heterocycles. The third-order valence-electron chi connectivity index (χ3n) is 6.83. The van der Waals surface area contributed by atoms with Crippen LogP contribution in [0.5, 0.6) is 0 Å². The number of carbonyl (C=O) groups is 4. The normalized spacial score (nSPS) is 23.2. The zero-order valence-electron chi connectivity index (χ0n) is 18.6. The number of nitrogens with zero attached hydrogens (tertiary/aromatic N) is 2. The number of allylic oxidation sites excluding steroid dienone is 2. The summed E-state index contributed by atoms with van der Waals surface area (Å²) >= 11 is 0. The molecule has 1 fully saturated rings. The summed E-state index contributed by atoms with van der Waals surface area (Å²) in [5, 5.41) is 10.5. The zero-order chi connectivity index (χ0) is 23.8. The first-order chi connectivity index (χ1) is 16.4. The Labute approximate surface area is 196 Å². The Morgan fingerprint density at radius 1 is 1.00 bits per heavy atom. The Balaban J connectivity index is 1.32. The van der Waals surface area contributed by atoms with Crippen molar-refractivity contribution in [3.63, 3.8) is 0 Å². The third kappa shape index (κ3) is 4.09. The molecule has 7 nitrogen and oxygen atoms in total. The standard InChI is InChI=1S/C27H24N2O5/c30-20-7-9-23(26(33)13-20)29-15-18-10-19(6-8-21(18)27(29)34)28-14-22-24(31)11-17(12-25(22)32)16-4-2-1-3-5-16/h1-6,8,10,14,17,23,31H,7,9,11-13,15H2. The molecule has 5 rings (SSSR count). The number of rotatable bonds is 4. The van der Waals surface area contributed by atoms with Gasteiger partial charge in [0.2, 0.25) is 0 Å². The van der Waals surface area contributed by atoms with Crippen LogP contribution in [0.25, 0.3) is 0 Å². The first-order valence-corrected chi connectivity index (χ1v) is 11.4. The van der Waals surface area contributed by atoms with Gasteiger partial charge in [-0.05, 0) is 41.7 Å². The summed E-state index contributed by atoms with van der Waals surface area (Å²) in [6, 6.07) is 14.2. The molecule has 1 aliphatic heterocycles. The largest absolute Gasteiger partial charge is 0.511 e. The predicted molar refractivity (Wildman–Crippen MR) is 125 cm³/mol. The van der Waals surface area contributed by atoms with E-state index >= 15 is 0 Å². The maximum absolute atomic E-state index is 12.8. The molecule has 1 N–H and O–H groups in total. The van der Waals surface area contributed by atoms with Gasteiger partial charge in [0.25, 0.3) is 5.91 Å². The van der Waals surface area contributed by atoms with Gasteiger partial charge < -0.3 is 10.0 Å². The van der Waals surface area contributed by atoms with Gasteiger partial charge in [0.15, 0.2) is 11.6 Å². The van der Waals surface area contributed by atoms with Crippen molar-refractivity contribution in [2.45, 2.75) is 50.6 Å². The van der Waals surface area contributed by atoms with Gasteiger partial charge >= 0.3 is 0 Å². The maximum atomic E-state index is 12.8.